The summed E-state index contributed by atoms with van der Waals surface area (Å²) >= 11 is 0. The first kappa shape index (κ1) is 19.2. The number of carbonyl (C=O) groups excluding carboxylic acids is 2. The Bertz CT molecular complexity index is 1100. The quantitative estimate of drug-likeness (QED) is 0.538. The number of anilines is 1. The number of hydrogen-bond donors (Lipinski definition) is 1. The van der Waals surface area contributed by atoms with Crippen molar-refractivity contribution in [3.8, 4) is 5.75 Å². The number of benzene rings is 2. The van der Waals surface area contributed by atoms with E-state index in [0.717, 1.165) is 10.9 Å². The molecule has 0 unspecified atom stereocenters. The van der Waals surface area contributed by atoms with Crippen LogP contribution in [0.25, 0.3) is 11.0 Å². The van der Waals surface area contributed by atoms with Crippen LogP contribution in [-0.4, -0.2) is 25.1 Å². The Balaban J connectivity index is 1.73. The second kappa shape index (κ2) is 7.96. The van der Waals surface area contributed by atoms with Gasteiger partial charge in [0.15, 0.2) is 6.10 Å². The number of hydrogen-bond acceptors (Lipinski definition) is 6. The lowest BCUT2D eigenvalue weighted by molar-refractivity contribution is -0.122. The van der Waals surface area contributed by atoms with E-state index in [2.05, 4.69) is 10.1 Å². The molecular weight excluding hydrogens is 362 g/mol. The molecule has 0 bridgehead atoms. The summed E-state index contributed by atoms with van der Waals surface area (Å²) in [5.74, 6) is -0.492. The smallest absolute Gasteiger partial charge is 0.337 e. The highest BCUT2D eigenvalue weighted by molar-refractivity contribution is 5.96. The summed E-state index contributed by atoms with van der Waals surface area (Å²) in [6, 6.07) is 12.9. The lowest BCUT2D eigenvalue weighted by Gasteiger charge is -2.15. The van der Waals surface area contributed by atoms with Crippen molar-refractivity contribution in [2.75, 3.05) is 12.4 Å². The average molecular weight is 381 g/mol. The van der Waals surface area contributed by atoms with E-state index >= 15 is 0 Å². The zero-order chi connectivity index (χ0) is 20.3. The largest absolute Gasteiger partial charge is 0.481 e. The van der Waals surface area contributed by atoms with Crippen molar-refractivity contribution in [3.05, 3.63) is 70.1 Å². The zero-order valence-electron chi connectivity index (χ0n) is 15.6. The van der Waals surface area contributed by atoms with E-state index in [1.807, 2.05) is 6.92 Å². The van der Waals surface area contributed by atoms with Gasteiger partial charge in [0.25, 0.3) is 5.91 Å². The van der Waals surface area contributed by atoms with Crippen LogP contribution in [0.15, 0.2) is 57.7 Å². The molecule has 0 saturated carbocycles. The molecule has 0 spiro atoms. The standard InChI is InChI=1S/C21H19NO6/c1-12-9-19(23)28-18-11-16(7-8-17(12)18)27-13(2)20(24)22-15-6-4-5-14(10-15)21(25)26-3/h4-11,13H,1-3H3,(H,22,24)/t13-/m0/s1. The summed E-state index contributed by atoms with van der Waals surface area (Å²) in [5, 5.41) is 3.49. The fraction of sp³-hybridized carbons (Fsp3) is 0.190. The lowest BCUT2D eigenvalue weighted by Crippen LogP contribution is -2.30. The fourth-order valence-corrected chi connectivity index (χ4v) is 2.72. The van der Waals surface area contributed by atoms with Crippen molar-refractivity contribution in [1.82, 2.24) is 0 Å². The maximum absolute atomic E-state index is 12.4. The predicted octanol–water partition coefficient (Wildman–Crippen LogP) is 3.29. The molecule has 1 aromatic heterocycles. The number of rotatable bonds is 5. The molecule has 144 valence electrons. The molecule has 0 saturated heterocycles. The van der Waals surface area contributed by atoms with Crippen molar-refractivity contribution in [2.24, 2.45) is 0 Å². The molecule has 7 nitrogen and oxygen atoms in total. The van der Waals surface area contributed by atoms with Crippen LogP contribution >= 0.6 is 0 Å². The minimum Gasteiger partial charge on any atom is -0.481 e. The van der Waals surface area contributed by atoms with Gasteiger partial charge in [0.05, 0.1) is 12.7 Å². The molecule has 2 aromatic carbocycles. The summed E-state index contributed by atoms with van der Waals surface area (Å²) in [4.78, 5) is 35.5. The number of methoxy groups -OCH3 is 1. The molecule has 3 aromatic rings. The van der Waals surface area contributed by atoms with E-state index in [4.69, 9.17) is 9.15 Å². The molecule has 7 heteroatoms. The number of ether oxygens (including phenoxy) is 2. The first-order chi connectivity index (χ1) is 13.4. The molecule has 0 aliphatic rings. The van der Waals surface area contributed by atoms with Gasteiger partial charge in [-0.15, -0.1) is 0 Å². The lowest BCUT2D eigenvalue weighted by atomic mass is 10.1. The molecule has 1 N–H and O–H groups in total. The van der Waals surface area contributed by atoms with Gasteiger partial charge in [0.1, 0.15) is 11.3 Å². The maximum Gasteiger partial charge on any atom is 0.337 e. The topological polar surface area (TPSA) is 94.8 Å². The van der Waals surface area contributed by atoms with Crippen molar-refractivity contribution in [1.29, 1.82) is 0 Å². The Labute approximate surface area is 160 Å². The molecular formula is C21H19NO6. The van der Waals surface area contributed by atoms with Crippen LogP contribution < -0.4 is 15.7 Å². The highest BCUT2D eigenvalue weighted by Gasteiger charge is 2.16. The van der Waals surface area contributed by atoms with Crippen molar-refractivity contribution in [3.63, 3.8) is 0 Å². The van der Waals surface area contributed by atoms with E-state index in [1.165, 1.54) is 19.2 Å². The summed E-state index contributed by atoms with van der Waals surface area (Å²) in [5.41, 5.74) is 1.52. The molecule has 0 aliphatic heterocycles. The second-order valence-electron chi connectivity index (χ2n) is 6.23. The Morgan fingerprint density at radius 2 is 1.89 bits per heavy atom. The number of amides is 1. The van der Waals surface area contributed by atoms with Gasteiger partial charge in [-0.3, -0.25) is 4.79 Å². The SMILES string of the molecule is COC(=O)c1cccc(NC(=O)[C@H](C)Oc2ccc3c(C)cc(=O)oc3c2)c1. The summed E-state index contributed by atoms with van der Waals surface area (Å²) < 4.78 is 15.5. The molecule has 0 fully saturated rings. The molecule has 1 heterocycles. The molecule has 0 aliphatic carbocycles. The number of carbonyl (C=O) groups is 2. The minimum absolute atomic E-state index is 0.328. The van der Waals surface area contributed by atoms with Crippen LogP contribution in [0.1, 0.15) is 22.8 Å². The third-order valence-electron chi connectivity index (χ3n) is 4.16. The average Bonchev–Trinajstić information content (AvgIpc) is 2.67. The fourth-order valence-electron chi connectivity index (χ4n) is 2.72. The van der Waals surface area contributed by atoms with Crippen molar-refractivity contribution < 1.29 is 23.5 Å². The van der Waals surface area contributed by atoms with Gasteiger partial charge in [0, 0.05) is 23.2 Å². The summed E-state index contributed by atoms with van der Waals surface area (Å²) in [6.45, 7) is 3.41. The minimum atomic E-state index is -0.823. The van der Waals surface area contributed by atoms with Gasteiger partial charge in [-0.25, -0.2) is 9.59 Å². The van der Waals surface area contributed by atoms with Crippen LogP contribution in [0.2, 0.25) is 0 Å². The summed E-state index contributed by atoms with van der Waals surface area (Å²) in [6.07, 6.45) is -0.823. The first-order valence-electron chi connectivity index (χ1n) is 8.58. The Kier molecular flexibility index (Phi) is 5.44. The zero-order valence-corrected chi connectivity index (χ0v) is 15.6. The second-order valence-corrected chi connectivity index (χ2v) is 6.23. The summed E-state index contributed by atoms with van der Waals surface area (Å²) in [7, 11) is 1.29. The Morgan fingerprint density at radius 1 is 1.11 bits per heavy atom. The van der Waals surface area contributed by atoms with E-state index in [-0.39, 0.29) is 0 Å². The number of nitrogens with one attached hydrogen (secondary N) is 1. The molecule has 1 amide bonds. The Morgan fingerprint density at radius 3 is 2.64 bits per heavy atom. The van der Waals surface area contributed by atoms with Gasteiger partial charge in [-0.05, 0) is 49.7 Å². The van der Waals surface area contributed by atoms with Crippen LogP contribution in [-0.2, 0) is 9.53 Å². The van der Waals surface area contributed by atoms with Gasteiger partial charge in [0.2, 0.25) is 0 Å². The molecule has 0 radical (unpaired) electrons. The van der Waals surface area contributed by atoms with Crippen molar-refractivity contribution >= 4 is 28.5 Å². The van der Waals surface area contributed by atoms with Gasteiger partial charge in [-0.1, -0.05) is 6.07 Å². The number of esters is 1. The van der Waals surface area contributed by atoms with Gasteiger partial charge in [-0.2, -0.15) is 0 Å². The van der Waals surface area contributed by atoms with E-state index in [1.54, 1.807) is 43.3 Å². The predicted molar refractivity (Wildman–Crippen MR) is 104 cm³/mol. The highest BCUT2D eigenvalue weighted by Crippen LogP contribution is 2.23. The van der Waals surface area contributed by atoms with E-state index in [0.29, 0.717) is 22.6 Å². The number of aryl methyl sites for hydroxylation is 1. The monoisotopic (exact) mass is 381 g/mol. The van der Waals surface area contributed by atoms with Gasteiger partial charge < -0.3 is 19.2 Å². The van der Waals surface area contributed by atoms with Gasteiger partial charge >= 0.3 is 11.6 Å². The van der Waals surface area contributed by atoms with E-state index in [9.17, 15) is 14.4 Å². The van der Waals surface area contributed by atoms with E-state index < -0.39 is 23.6 Å². The highest BCUT2D eigenvalue weighted by atomic mass is 16.5. The third-order valence-corrected chi connectivity index (χ3v) is 4.16. The van der Waals surface area contributed by atoms with Crippen LogP contribution in [0.4, 0.5) is 5.69 Å². The molecule has 3 rings (SSSR count). The molecule has 1 atom stereocenters. The first-order valence-corrected chi connectivity index (χ1v) is 8.58. The third kappa shape index (κ3) is 4.20. The molecule has 28 heavy (non-hydrogen) atoms. The van der Waals surface area contributed by atoms with Crippen molar-refractivity contribution in [2.45, 2.75) is 20.0 Å². The Hall–Kier alpha value is -3.61. The van der Waals surface area contributed by atoms with Crippen LogP contribution in [0.3, 0.4) is 0 Å². The maximum atomic E-state index is 12.4. The number of fused-ring (bicyclic) bond motifs is 1. The normalized spacial score (nSPS) is 11.7. The van der Waals surface area contributed by atoms with Crippen LogP contribution in [0.5, 0.6) is 5.75 Å². The van der Waals surface area contributed by atoms with Crippen LogP contribution in [0, 0.1) is 6.92 Å².